The molecule has 0 aliphatic heterocycles. The Kier molecular flexibility index (Phi) is 7.89. The van der Waals surface area contributed by atoms with Gasteiger partial charge in [0.1, 0.15) is 5.75 Å². The summed E-state index contributed by atoms with van der Waals surface area (Å²) < 4.78 is 84.0. The summed E-state index contributed by atoms with van der Waals surface area (Å²) in [6.45, 7) is 0.360. The van der Waals surface area contributed by atoms with Crippen LogP contribution in [0, 0.1) is 17.5 Å². The Morgan fingerprint density at radius 3 is 2.35 bits per heavy atom. The summed E-state index contributed by atoms with van der Waals surface area (Å²) >= 11 is 0. The van der Waals surface area contributed by atoms with Crippen LogP contribution in [0.5, 0.6) is 5.75 Å². The Morgan fingerprint density at radius 2 is 1.71 bits per heavy atom. The molecule has 168 valence electrons. The number of ether oxygens (including phenoxy) is 1. The van der Waals surface area contributed by atoms with Crippen molar-refractivity contribution >= 4 is 17.5 Å². The van der Waals surface area contributed by atoms with Gasteiger partial charge in [-0.05, 0) is 30.7 Å². The maximum Gasteiger partial charge on any atom is 0.419 e. The smallest absolute Gasteiger partial charge is 0.419 e. The Balaban J connectivity index is 2.04. The van der Waals surface area contributed by atoms with E-state index in [0.29, 0.717) is 12.5 Å². The number of nitrogens with one attached hydrogen (secondary N) is 1. The normalized spacial score (nSPS) is 11.2. The van der Waals surface area contributed by atoms with Crippen LogP contribution in [-0.2, 0) is 15.8 Å². The number of nitrogens with zero attached hydrogens (tertiary/aromatic N) is 1. The number of benzene rings is 2. The first kappa shape index (κ1) is 24.0. The quantitative estimate of drug-likeness (QED) is 0.482. The second kappa shape index (κ2) is 10.2. The molecule has 2 rings (SSSR count). The van der Waals surface area contributed by atoms with Crippen molar-refractivity contribution in [2.45, 2.75) is 19.5 Å². The minimum absolute atomic E-state index is 0.0524. The van der Waals surface area contributed by atoms with Gasteiger partial charge < -0.3 is 15.0 Å². The molecule has 0 radical (unpaired) electrons. The van der Waals surface area contributed by atoms with E-state index >= 15 is 0 Å². The number of alkyl halides is 3. The molecule has 11 heteroatoms. The zero-order valence-corrected chi connectivity index (χ0v) is 16.2. The molecular formula is C20H18F6N2O3. The van der Waals surface area contributed by atoms with Crippen molar-refractivity contribution in [1.29, 1.82) is 0 Å². The van der Waals surface area contributed by atoms with Crippen LogP contribution in [0.4, 0.5) is 32.0 Å². The van der Waals surface area contributed by atoms with Gasteiger partial charge in [-0.25, -0.2) is 13.2 Å². The topological polar surface area (TPSA) is 58.6 Å². The summed E-state index contributed by atoms with van der Waals surface area (Å²) in [5.74, 6) is -7.06. The Labute approximate surface area is 173 Å². The lowest BCUT2D eigenvalue weighted by Gasteiger charge is -2.22. The molecule has 0 atom stereocenters. The fourth-order valence-corrected chi connectivity index (χ4v) is 2.60. The molecule has 0 aromatic heterocycles. The lowest BCUT2D eigenvalue weighted by Crippen LogP contribution is -2.41. The molecule has 0 heterocycles. The maximum absolute atomic E-state index is 13.7. The van der Waals surface area contributed by atoms with Crippen LogP contribution in [0.15, 0.2) is 36.4 Å². The molecule has 0 aliphatic rings. The van der Waals surface area contributed by atoms with Crippen molar-refractivity contribution in [3.05, 3.63) is 59.4 Å². The second-order valence-corrected chi connectivity index (χ2v) is 6.37. The highest BCUT2D eigenvalue weighted by atomic mass is 19.4. The van der Waals surface area contributed by atoms with Gasteiger partial charge in [0.2, 0.25) is 5.91 Å². The van der Waals surface area contributed by atoms with Crippen molar-refractivity contribution in [3.63, 3.8) is 0 Å². The van der Waals surface area contributed by atoms with Crippen molar-refractivity contribution in [3.8, 4) is 5.75 Å². The highest BCUT2D eigenvalue weighted by Gasteiger charge is 2.34. The van der Waals surface area contributed by atoms with Gasteiger partial charge in [-0.15, -0.1) is 0 Å². The molecule has 0 unspecified atom stereocenters. The van der Waals surface area contributed by atoms with Crippen LogP contribution >= 0.6 is 0 Å². The molecule has 1 N–H and O–H groups in total. The Morgan fingerprint density at radius 1 is 1.03 bits per heavy atom. The summed E-state index contributed by atoms with van der Waals surface area (Å²) in [7, 11) is 0. The summed E-state index contributed by atoms with van der Waals surface area (Å²) in [5.41, 5.74) is -1.68. The minimum Gasteiger partial charge on any atom is -0.483 e. The molecular weight excluding hydrogens is 430 g/mol. The van der Waals surface area contributed by atoms with E-state index in [0.717, 1.165) is 23.1 Å². The van der Waals surface area contributed by atoms with Gasteiger partial charge in [0.05, 0.1) is 17.8 Å². The fourth-order valence-electron chi connectivity index (χ4n) is 2.60. The molecule has 31 heavy (non-hydrogen) atoms. The zero-order valence-electron chi connectivity index (χ0n) is 16.2. The molecule has 0 bridgehead atoms. The van der Waals surface area contributed by atoms with Crippen LogP contribution in [0.3, 0.4) is 0 Å². The van der Waals surface area contributed by atoms with E-state index in [9.17, 15) is 35.9 Å². The van der Waals surface area contributed by atoms with E-state index in [1.165, 1.54) is 12.1 Å². The van der Waals surface area contributed by atoms with Crippen LogP contribution in [0.25, 0.3) is 0 Å². The standard InChI is InChI=1S/C20H18F6N2O3/c1-2-9-28(10-16(29)27-14-8-7-13(21)18(22)19(14)23)17(30)11-31-15-6-4-3-5-12(15)20(24,25)26/h3-8H,2,9-11H2,1H3,(H,27,29). The monoisotopic (exact) mass is 448 g/mol. The van der Waals surface area contributed by atoms with Crippen molar-refractivity contribution in [1.82, 2.24) is 4.90 Å². The van der Waals surface area contributed by atoms with Gasteiger partial charge in [-0.1, -0.05) is 19.1 Å². The van der Waals surface area contributed by atoms with Crippen molar-refractivity contribution in [2.24, 2.45) is 0 Å². The Hall–Kier alpha value is -3.24. The number of carbonyl (C=O) groups excluding carboxylic acids is 2. The largest absolute Gasteiger partial charge is 0.483 e. The molecule has 0 aliphatic carbocycles. The molecule has 0 fully saturated rings. The number of halogens is 6. The first-order valence-electron chi connectivity index (χ1n) is 9.04. The van der Waals surface area contributed by atoms with E-state index in [4.69, 9.17) is 4.74 Å². The van der Waals surface area contributed by atoms with Crippen LogP contribution in [0.2, 0.25) is 0 Å². The van der Waals surface area contributed by atoms with E-state index in [1.54, 1.807) is 6.92 Å². The average Bonchev–Trinajstić information content (AvgIpc) is 2.71. The molecule has 0 spiro atoms. The number of carbonyl (C=O) groups is 2. The molecule has 2 amide bonds. The lowest BCUT2D eigenvalue weighted by atomic mass is 10.2. The molecule has 5 nitrogen and oxygen atoms in total. The molecule has 2 aromatic carbocycles. The first-order chi connectivity index (χ1) is 14.5. The summed E-state index contributed by atoms with van der Waals surface area (Å²) in [5, 5.41) is 2.02. The fraction of sp³-hybridized carbons (Fsp3) is 0.300. The van der Waals surface area contributed by atoms with E-state index < -0.39 is 65.6 Å². The van der Waals surface area contributed by atoms with Crippen LogP contribution in [-0.4, -0.2) is 36.4 Å². The number of para-hydroxylation sites is 1. The third kappa shape index (κ3) is 6.37. The molecule has 2 aromatic rings. The highest BCUT2D eigenvalue weighted by Crippen LogP contribution is 2.35. The Bertz CT molecular complexity index is 949. The summed E-state index contributed by atoms with van der Waals surface area (Å²) in [4.78, 5) is 25.5. The van der Waals surface area contributed by atoms with E-state index in [2.05, 4.69) is 0 Å². The number of amides is 2. The maximum atomic E-state index is 13.7. The first-order valence-corrected chi connectivity index (χ1v) is 9.04. The number of rotatable bonds is 8. The van der Waals surface area contributed by atoms with Crippen LogP contribution < -0.4 is 10.1 Å². The van der Waals surface area contributed by atoms with Crippen LogP contribution in [0.1, 0.15) is 18.9 Å². The van der Waals surface area contributed by atoms with Gasteiger partial charge in [0.25, 0.3) is 5.91 Å². The predicted molar refractivity (Wildman–Crippen MR) is 98.8 cm³/mol. The van der Waals surface area contributed by atoms with Crippen molar-refractivity contribution < 1.29 is 40.7 Å². The van der Waals surface area contributed by atoms with Gasteiger partial charge in [-0.3, -0.25) is 9.59 Å². The van der Waals surface area contributed by atoms with Gasteiger partial charge in [0.15, 0.2) is 24.1 Å². The number of hydrogen-bond acceptors (Lipinski definition) is 3. The molecule has 0 saturated carbocycles. The van der Waals surface area contributed by atoms with E-state index in [-0.39, 0.29) is 6.54 Å². The third-order valence-electron chi connectivity index (χ3n) is 4.03. The minimum atomic E-state index is -4.68. The molecule has 0 saturated heterocycles. The number of anilines is 1. The van der Waals surface area contributed by atoms with Crippen molar-refractivity contribution in [2.75, 3.05) is 25.0 Å². The number of hydrogen-bond donors (Lipinski definition) is 1. The van der Waals surface area contributed by atoms with Gasteiger partial charge >= 0.3 is 6.18 Å². The SMILES string of the molecule is CCCN(CC(=O)Nc1ccc(F)c(F)c1F)C(=O)COc1ccccc1C(F)(F)F. The predicted octanol–water partition coefficient (Wildman–Crippen LogP) is 4.38. The third-order valence-corrected chi connectivity index (χ3v) is 4.03. The summed E-state index contributed by atoms with van der Waals surface area (Å²) in [6, 6.07) is 5.77. The second-order valence-electron chi connectivity index (χ2n) is 6.37. The average molecular weight is 448 g/mol. The zero-order chi connectivity index (χ0) is 23.2. The van der Waals surface area contributed by atoms with E-state index in [1.807, 2.05) is 5.32 Å². The lowest BCUT2D eigenvalue weighted by molar-refractivity contribution is -0.141. The van der Waals surface area contributed by atoms with Gasteiger partial charge in [0, 0.05) is 6.54 Å². The summed E-state index contributed by atoms with van der Waals surface area (Å²) in [6.07, 6.45) is -4.28. The van der Waals surface area contributed by atoms with Gasteiger partial charge in [-0.2, -0.15) is 13.2 Å². The highest BCUT2D eigenvalue weighted by molar-refractivity contribution is 5.94.